The van der Waals surface area contributed by atoms with Gasteiger partial charge < -0.3 is 15.1 Å². The summed E-state index contributed by atoms with van der Waals surface area (Å²) in [5, 5.41) is 4.99. The third-order valence-electron chi connectivity index (χ3n) is 6.69. The van der Waals surface area contributed by atoms with Crippen molar-refractivity contribution in [2.75, 3.05) is 12.4 Å². The number of rotatable bonds is 4. The summed E-state index contributed by atoms with van der Waals surface area (Å²) in [6.45, 7) is 0.631. The van der Waals surface area contributed by atoms with Crippen molar-refractivity contribution < 1.29 is 19.2 Å². The summed E-state index contributed by atoms with van der Waals surface area (Å²) in [6.07, 6.45) is 0.593. The van der Waals surface area contributed by atoms with E-state index in [1.54, 1.807) is 29.0 Å². The van der Waals surface area contributed by atoms with Crippen molar-refractivity contribution in [3.63, 3.8) is 0 Å². The molecule has 1 N–H and O–H groups in total. The van der Waals surface area contributed by atoms with Crippen molar-refractivity contribution in [2.45, 2.75) is 38.4 Å². The Hall–Kier alpha value is -4.00. The summed E-state index contributed by atoms with van der Waals surface area (Å²) in [5.41, 5.74) is 3.00. The van der Waals surface area contributed by atoms with Gasteiger partial charge in [0.15, 0.2) is 5.78 Å². The van der Waals surface area contributed by atoms with Gasteiger partial charge in [0.05, 0.1) is 18.2 Å². The van der Waals surface area contributed by atoms with Gasteiger partial charge in [-0.1, -0.05) is 48.5 Å². The molecule has 34 heavy (non-hydrogen) atoms. The molecule has 3 amide bonds. The zero-order chi connectivity index (χ0) is 23.8. The largest absolute Gasteiger partial charge is 0.324 e. The van der Waals surface area contributed by atoms with Crippen LogP contribution in [0.2, 0.25) is 0 Å². The van der Waals surface area contributed by atoms with E-state index in [0.717, 1.165) is 27.6 Å². The van der Waals surface area contributed by atoms with Crippen LogP contribution in [0.3, 0.4) is 0 Å². The van der Waals surface area contributed by atoms with Crippen LogP contribution < -0.4 is 5.32 Å². The highest BCUT2D eigenvalue weighted by atomic mass is 16.2. The van der Waals surface area contributed by atoms with Crippen LogP contribution in [0.4, 0.5) is 10.5 Å². The lowest BCUT2D eigenvalue weighted by molar-refractivity contribution is -0.133. The average Bonchev–Trinajstić information content (AvgIpc) is 3.16. The molecule has 0 saturated heterocycles. The molecule has 3 aromatic rings. The number of hydrogen-bond donors (Lipinski definition) is 1. The van der Waals surface area contributed by atoms with Gasteiger partial charge in [0.2, 0.25) is 0 Å². The maximum absolute atomic E-state index is 13.1. The molecule has 0 radical (unpaired) electrons. The van der Waals surface area contributed by atoms with Crippen LogP contribution in [0.15, 0.2) is 60.7 Å². The second kappa shape index (κ2) is 8.74. The molecule has 1 unspecified atom stereocenters. The van der Waals surface area contributed by atoms with Crippen LogP contribution in [-0.2, 0) is 22.7 Å². The molecule has 1 aliphatic heterocycles. The molecule has 1 saturated carbocycles. The average molecular weight is 456 g/mol. The van der Waals surface area contributed by atoms with E-state index in [1.807, 2.05) is 48.5 Å². The summed E-state index contributed by atoms with van der Waals surface area (Å²) in [7, 11) is 1.71. The number of anilines is 1. The number of benzene rings is 3. The Morgan fingerprint density at radius 3 is 2.62 bits per heavy atom. The van der Waals surface area contributed by atoms with Crippen molar-refractivity contribution in [3.05, 3.63) is 77.4 Å². The lowest BCUT2D eigenvalue weighted by Crippen LogP contribution is -2.44. The van der Waals surface area contributed by atoms with Crippen molar-refractivity contribution in [1.29, 1.82) is 0 Å². The molecule has 1 atom stereocenters. The minimum Gasteiger partial charge on any atom is -0.324 e. The highest BCUT2D eigenvalue weighted by Crippen LogP contribution is 2.31. The van der Waals surface area contributed by atoms with Gasteiger partial charge in [-0.2, -0.15) is 0 Å². The van der Waals surface area contributed by atoms with Gasteiger partial charge in [-0.25, -0.2) is 4.79 Å². The highest BCUT2D eigenvalue weighted by Gasteiger charge is 2.39. The van der Waals surface area contributed by atoms with Gasteiger partial charge in [-0.15, -0.1) is 0 Å². The third-order valence-corrected chi connectivity index (χ3v) is 6.69. The molecule has 1 fully saturated rings. The fourth-order valence-electron chi connectivity index (χ4n) is 4.88. The maximum Gasteiger partial charge on any atom is 0.321 e. The molecule has 7 nitrogen and oxygen atoms in total. The fourth-order valence-corrected chi connectivity index (χ4v) is 4.88. The molecular formula is C27H25N3O4. The molecular weight excluding hydrogens is 430 g/mol. The van der Waals surface area contributed by atoms with E-state index in [9.17, 15) is 19.2 Å². The summed E-state index contributed by atoms with van der Waals surface area (Å²) >= 11 is 0. The lowest BCUT2D eigenvalue weighted by atomic mass is 9.92. The monoisotopic (exact) mass is 455 g/mol. The molecule has 5 rings (SSSR count). The van der Waals surface area contributed by atoms with Gasteiger partial charge in [-0.3, -0.25) is 14.4 Å². The molecule has 0 bridgehead atoms. The van der Waals surface area contributed by atoms with Crippen molar-refractivity contribution in [3.8, 4) is 0 Å². The van der Waals surface area contributed by atoms with Gasteiger partial charge in [-0.05, 0) is 35.1 Å². The Morgan fingerprint density at radius 1 is 1.03 bits per heavy atom. The Morgan fingerprint density at radius 2 is 1.79 bits per heavy atom. The molecule has 3 aromatic carbocycles. The number of Topliss-reactive ketones (excluding diaryl/α,β-unsaturated/α-hetero) is 2. The van der Waals surface area contributed by atoms with E-state index in [4.69, 9.17) is 0 Å². The van der Waals surface area contributed by atoms with Gasteiger partial charge >= 0.3 is 6.03 Å². The van der Waals surface area contributed by atoms with Crippen LogP contribution in [0.5, 0.6) is 0 Å². The summed E-state index contributed by atoms with van der Waals surface area (Å²) in [5.74, 6) is -0.442. The van der Waals surface area contributed by atoms with Gasteiger partial charge in [0, 0.05) is 37.5 Å². The highest BCUT2D eigenvalue weighted by molar-refractivity contribution is 6.07. The van der Waals surface area contributed by atoms with Crippen molar-refractivity contribution >= 4 is 40.0 Å². The third kappa shape index (κ3) is 3.94. The first-order valence-electron chi connectivity index (χ1n) is 11.4. The molecule has 7 heteroatoms. The molecule has 2 aliphatic rings. The number of amides is 3. The predicted octanol–water partition coefficient (Wildman–Crippen LogP) is 4.15. The number of fused-ring (bicyclic) bond motifs is 2. The second-order valence-electron chi connectivity index (χ2n) is 8.93. The predicted molar refractivity (Wildman–Crippen MR) is 128 cm³/mol. The van der Waals surface area contributed by atoms with Crippen LogP contribution in [-0.4, -0.2) is 46.4 Å². The number of nitrogens with zero attached hydrogens (tertiary/aromatic N) is 2. The van der Waals surface area contributed by atoms with Crippen LogP contribution >= 0.6 is 0 Å². The minimum atomic E-state index is -0.558. The standard InChI is InChI=1S/C27H25N3O4/c1-29(27(34)28-23-11-5-7-17-6-2-3-9-20(17)23)15-18-8-4-10-21-22(18)16-30(26(21)33)24-13-12-19(31)14-25(24)32/h2-11,24H,12-16H2,1H3,(H,28,34). The molecule has 172 valence electrons. The van der Waals surface area contributed by atoms with Crippen LogP contribution in [0.25, 0.3) is 10.8 Å². The zero-order valence-electron chi connectivity index (χ0n) is 18.9. The topological polar surface area (TPSA) is 86.8 Å². The van der Waals surface area contributed by atoms with E-state index in [-0.39, 0.29) is 29.9 Å². The van der Waals surface area contributed by atoms with Crippen LogP contribution in [0, 0.1) is 0 Å². The lowest BCUT2D eigenvalue weighted by Gasteiger charge is -2.29. The number of urea groups is 1. The summed E-state index contributed by atoms with van der Waals surface area (Å²) in [6, 6.07) is 18.3. The minimum absolute atomic E-state index is 0.0649. The van der Waals surface area contributed by atoms with Gasteiger partial charge in [0.1, 0.15) is 5.78 Å². The smallest absolute Gasteiger partial charge is 0.321 e. The normalized spacial score (nSPS) is 17.7. The number of ketones is 2. The Bertz CT molecular complexity index is 1330. The van der Waals surface area contributed by atoms with E-state index in [0.29, 0.717) is 31.5 Å². The quantitative estimate of drug-likeness (QED) is 0.599. The molecule has 1 aliphatic carbocycles. The van der Waals surface area contributed by atoms with Crippen molar-refractivity contribution in [2.24, 2.45) is 0 Å². The first-order chi connectivity index (χ1) is 16.4. The summed E-state index contributed by atoms with van der Waals surface area (Å²) in [4.78, 5) is 53.2. The van der Waals surface area contributed by atoms with Gasteiger partial charge in [0.25, 0.3) is 5.91 Å². The molecule has 0 aromatic heterocycles. The SMILES string of the molecule is CN(Cc1cccc2c1CN(C1CCC(=O)CC1=O)C2=O)C(=O)Nc1cccc2ccccc12. The maximum atomic E-state index is 13.1. The number of carbonyl (C=O) groups excluding carboxylic acids is 4. The Kier molecular flexibility index (Phi) is 5.61. The molecule has 1 heterocycles. The number of hydrogen-bond acceptors (Lipinski definition) is 4. The molecule has 0 spiro atoms. The Balaban J connectivity index is 1.33. The first kappa shape index (κ1) is 21.8. The first-order valence-corrected chi connectivity index (χ1v) is 11.4. The Labute approximate surface area is 197 Å². The zero-order valence-corrected chi connectivity index (χ0v) is 18.9. The van der Waals surface area contributed by atoms with E-state index >= 15 is 0 Å². The number of nitrogens with one attached hydrogen (secondary N) is 1. The van der Waals surface area contributed by atoms with E-state index in [1.165, 1.54) is 0 Å². The van der Waals surface area contributed by atoms with Crippen LogP contribution in [0.1, 0.15) is 40.7 Å². The second-order valence-corrected chi connectivity index (χ2v) is 8.93. The van der Waals surface area contributed by atoms with E-state index in [2.05, 4.69) is 5.32 Å². The van der Waals surface area contributed by atoms with E-state index < -0.39 is 6.04 Å². The fraction of sp³-hybridized carbons (Fsp3) is 0.259. The number of carbonyl (C=O) groups is 4. The van der Waals surface area contributed by atoms with Crippen molar-refractivity contribution in [1.82, 2.24) is 9.80 Å². The summed E-state index contributed by atoms with van der Waals surface area (Å²) < 4.78 is 0.